The van der Waals surface area contributed by atoms with E-state index >= 15 is 0 Å². The molecule has 0 aliphatic heterocycles. The minimum absolute atomic E-state index is 0.0445. The number of aryl methyl sites for hydroxylation is 1. The predicted octanol–water partition coefficient (Wildman–Crippen LogP) is 7.31. The van der Waals surface area contributed by atoms with Crippen LogP contribution in [0.1, 0.15) is 56.7 Å². The highest BCUT2D eigenvalue weighted by atomic mass is 19.4. The Bertz CT molecular complexity index is 1230. The van der Waals surface area contributed by atoms with Crippen LogP contribution >= 0.6 is 0 Å². The van der Waals surface area contributed by atoms with Gasteiger partial charge in [0.1, 0.15) is 5.75 Å². The summed E-state index contributed by atoms with van der Waals surface area (Å²) >= 11 is 0. The van der Waals surface area contributed by atoms with E-state index in [-0.39, 0.29) is 30.1 Å². The third-order valence-corrected chi connectivity index (χ3v) is 6.03. The van der Waals surface area contributed by atoms with Gasteiger partial charge >= 0.3 is 18.1 Å². The Morgan fingerprint density at radius 1 is 0.842 bits per heavy atom. The molecule has 0 saturated heterocycles. The van der Waals surface area contributed by atoms with E-state index in [0.717, 1.165) is 23.1 Å². The first-order valence-electron chi connectivity index (χ1n) is 12.2. The summed E-state index contributed by atoms with van der Waals surface area (Å²) in [7, 11) is 0. The molecule has 0 heterocycles. The second-order valence-corrected chi connectivity index (χ2v) is 8.97. The van der Waals surface area contributed by atoms with Gasteiger partial charge in [0.05, 0.1) is 17.7 Å². The van der Waals surface area contributed by atoms with Gasteiger partial charge < -0.3 is 14.9 Å². The van der Waals surface area contributed by atoms with Gasteiger partial charge in [0.2, 0.25) is 0 Å². The topological polar surface area (TPSA) is 83.8 Å². The summed E-state index contributed by atoms with van der Waals surface area (Å²) in [6, 6.07) is 20.5. The SMILES string of the molecule is O=C(O)c1ccc(CCC(C=Cc2ccccc2OCCCC(F)(F)F)Cc2ccc(C(=O)O)cc2)cc1. The number of allylic oxidation sites excluding steroid dienone is 1. The maximum absolute atomic E-state index is 12.4. The van der Waals surface area contributed by atoms with Crippen LogP contribution in [0, 0.1) is 5.92 Å². The van der Waals surface area contributed by atoms with E-state index in [0.29, 0.717) is 18.6 Å². The first kappa shape index (κ1) is 28.5. The maximum Gasteiger partial charge on any atom is 0.389 e. The van der Waals surface area contributed by atoms with Crippen LogP contribution in [0.2, 0.25) is 0 Å². The Labute approximate surface area is 219 Å². The van der Waals surface area contributed by atoms with Crippen molar-refractivity contribution in [2.75, 3.05) is 6.61 Å². The van der Waals surface area contributed by atoms with Crippen molar-refractivity contribution >= 4 is 18.0 Å². The summed E-state index contributed by atoms with van der Waals surface area (Å²) in [5, 5.41) is 18.3. The molecular weight excluding hydrogens is 497 g/mol. The lowest BCUT2D eigenvalue weighted by atomic mass is 9.91. The molecule has 3 rings (SSSR count). The van der Waals surface area contributed by atoms with Gasteiger partial charge in [-0.25, -0.2) is 9.59 Å². The molecule has 0 bridgehead atoms. The summed E-state index contributed by atoms with van der Waals surface area (Å²) in [5.41, 5.74) is 3.12. The molecule has 0 aromatic heterocycles. The maximum atomic E-state index is 12.4. The predicted molar refractivity (Wildman–Crippen MR) is 139 cm³/mol. The highest BCUT2D eigenvalue weighted by molar-refractivity contribution is 5.88. The van der Waals surface area contributed by atoms with Crippen LogP contribution in [0.5, 0.6) is 5.75 Å². The highest BCUT2D eigenvalue weighted by Gasteiger charge is 2.26. The molecule has 3 aromatic carbocycles. The fourth-order valence-electron chi connectivity index (χ4n) is 3.96. The minimum Gasteiger partial charge on any atom is -0.493 e. The Balaban J connectivity index is 1.73. The van der Waals surface area contributed by atoms with Gasteiger partial charge in [-0.1, -0.05) is 54.6 Å². The van der Waals surface area contributed by atoms with Gasteiger partial charge in [0.25, 0.3) is 0 Å². The molecule has 1 atom stereocenters. The van der Waals surface area contributed by atoms with Crippen LogP contribution in [-0.2, 0) is 12.8 Å². The molecule has 0 aliphatic rings. The number of hydrogen-bond donors (Lipinski definition) is 2. The molecule has 0 spiro atoms. The first-order valence-corrected chi connectivity index (χ1v) is 12.2. The fraction of sp³-hybridized carbons (Fsp3) is 0.267. The van der Waals surface area contributed by atoms with Gasteiger partial charge in [-0.15, -0.1) is 0 Å². The summed E-state index contributed by atoms with van der Waals surface area (Å²) in [4.78, 5) is 22.3. The number of carbonyl (C=O) groups is 2. The average Bonchev–Trinajstić information content (AvgIpc) is 2.88. The van der Waals surface area contributed by atoms with E-state index in [4.69, 9.17) is 14.9 Å². The van der Waals surface area contributed by atoms with Crippen molar-refractivity contribution in [3.63, 3.8) is 0 Å². The van der Waals surface area contributed by atoms with Crippen molar-refractivity contribution in [1.82, 2.24) is 0 Å². The molecule has 0 amide bonds. The molecule has 5 nitrogen and oxygen atoms in total. The lowest BCUT2D eigenvalue weighted by molar-refractivity contribution is -0.136. The monoisotopic (exact) mass is 526 g/mol. The summed E-state index contributed by atoms with van der Waals surface area (Å²) in [6.07, 6.45) is 0.733. The van der Waals surface area contributed by atoms with Crippen molar-refractivity contribution in [3.05, 3.63) is 107 Å². The van der Waals surface area contributed by atoms with E-state index in [2.05, 4.69) is 0 Å². The van der Waals surface area contributed by atoms with Gasteiger partial charge in [0, 0.05) is 12.0 Å². The summed E-state index contributed by atoms with van der Waals surface area (Å²) in [6.45, 7) is -0.0456. The second-order valence-electron chi connectivity index (χ2n) is 8.97. The first-order chi connectivity index (χ1) is 18.1. The molecule has 0 saturated carbocycles. The Morgan fingerprint density at radius 3 is 2.00 bits per heavy atom. The normalized spacial score (nSPS) is 12.4. The number of hydrogen-bond acceptors (Lipinski definition) is 3. The zero-order valence-corrected chi connectivity index (χ0v) is 20.7. The van der Waals surface area contributed by atoms with E-state index in [1.807, 2.05) is 24.3 Å². The standard InChI is InChI=1S/C30H29F3O5/c31-30(32,33)18-3-19-38-27-5-2-1-4-24(27)13-10-22(20-23-11-16-26(17-12-23)29(36)37)7-6-21-8-14-25(15-9-21)28(34)35/h1-2,4-5,8-17,22H,3,6-7,18-20H2,(H,34,35)(H,36,37). The summed E-state index contributed by atoms with van der Waals surface area (Å²) < 4.78 is 42.9. The largest absolute Gasteiger partial charge is 0.493 e. The zero-order chi connectivity index (χ0) is 27.5. The van der Waals surface area contributed by atoms with Crippen molar-refractivity contribution in [3.8, 4) is 5.75 Å². The van der Waals surface area contributed by atoms with E-state index in [1.165, 1.54) is 0 Å². The molecule has 8 heteroatoms. The Kier molecular flexibility index (Phi) is 10.1. The fourth-order valence-corrected chi connectivity index (χ4v) is 3.96. The molecule has 38 heavy (non-hydrogen) atoms. The number of halogens is 3. The molecule has 3 aromatic rings. The third-order valence-electron chi connectivity index (χ3n) is 6.03. The lowest BCUT2D eigenvalue weighted by Gasteiger charge is -2.15. The average molecular weight is 527 g/mol. The van der Waals surface area contributed by atoms with Gasteiger partial charge in [-0.05, 0) is 73.1 Å². The van der Waals surface area contributed by atoms with Crippen molar-refractivity contribution < 1.29 is 37.7 Å². The number of alkyl halides is 3. The Morgan fingerprint density at radius 2 is 1.42 bits per heavy atom. The molecule has 2 N–H and O–H groups in total. The van der Waals surface area contributed by atoms with Crippen molar-refractivity contribution in [2.45, 2.75) is 38.3 Å². The van der Waals surface area contributed by atoms with Crippen molar-refractivity contribution in [2.24, 2.45) is 5.92 Å². The van der Waals surface area contributed by atoms with E-state index in [1.54, 1.807) is 60.7 Å². The number of carboxylic acids is 2. The molecule has 0 aliphatic carbocycles. The van der Waals surface area contributed by atoms with Crippen molar-refractivity contribution in [1.29, 1.82) is 0 Å². The summed E-state index contributed by atoms with van der Waals surface area (Å²) in [5.74, 6) is -1.44. The van der Waals surface area contributed by atoms with Crippen LogP contribution in [0.3, 0.4) is 0 Å². The minimum atomic E-state index is -4.22. The van der Waals surface area contributed by atoms with Crippen LogP contribution in [0.25, 0.3) is 6.08 Å². The molecule has 200 valence electrons. The number of benzene rings is 3. The van der Waals surface area contributed by atoms with E-state index < -0.39 is 24.5 Å². The van der Waals surface area contributed by atoms with Gasteiger partial charge in [-0.2, -0.15) is 13.2 Å². The second kappa shape index (κ2) is 13.5. The van der Waals surface area contributed by atoms with Crippen LogP contribution in [-0.4, -0.2) is 34.9 Å². The molecule has 0 radical (unpaired) electrons. The van der Waals surface area contributed by atoms with Crippen LogP contribution in [0.4, 0.5) is 13.2 Å². The Hall–Kier alpha value is -4.07. The number of aromatic carboxylic acids is 2. The zero-order valence-electron chi connectivity index (χ0n) is 20.7. The molecular formula is C30H29F3O5. The van der Waals surface area contributed by atoms with Gasteiger partial charge in [-0.3, -0.25) is 0 Å². The lowest BCUT2D eigenvalue weighted by Crippen LogP contribution is -2.10. The molecule has 1 unspecified atom stereocenters. The number of rotatable bonds is 13. The number of ether oxygens (including phenoxy) is 1. The third kappa shape index (κ3) is 9.42. The highest BCUT2D eigenvalue weighted by Crippen LogP contribution is 2.25. The smallest absolute Gasteiger partial charge is 0.389 e. The van der Waals surface area contributed by atoms with E-state index in [9.17, 15) is 22.8 Å². The quantitative estimate of drug-likeness (QED) is 0.228. The van der Waals surface area contributed by atoms with Crippen LogP contribution in [0.15, 0.2) is 78.9 Å². The van der Waals surface area contributed by atoms with Gasteiger partial charge in [0.15, 0.2) is 0 Å². The van der Waals surface area contributed by atoms with Crippen LogP contribution < -0.4 is 4.74 Å². The number of para-hydroxylation sites is 1. The molecule has 0 fully saturated rings. The number of carboxylic acid groups (broad SMARTS) is 2.